The van der Waals surface area contributed by atoms with E-state index in [1.54, 1.807) is 13.0 Å². The smallest absolute Gasteiger partial charge is 0.244 e. The van der Waals surface area contributed by atoms with Crippen LogP contribution in [0, 0.1) is 12.7 Å². The van der Waals surface area contributed by atoms with Crippen LogP contribution in [0.5, 0.6) is 0 Å². The first-order valence-electron chi connectivity index (χ1n) is 7.49. The van der Waals surface area contributed by atoms with Gasteiger partial charge in [-0.15, -0.1) is 0 Å². The topological polar surface area (TPSA) is 75.5 Å². The molecule has 23 heavy (non-hydrogen) atoms. The van der Waals surface area contributed by atoms with Crippen molar-refractivity contribution in [2.75, 3.05) is 6.54 Å². The van der Waals surface area contributed by atoms with Gasteiger partial charge in [0.1, 0.15) is 17.2 Å². The lowest BCUT2D eigenvalue weighted by Gasteiger charge is -2.19. The molecule has 0 saturated carbocycles. The molecule has 0 unspecified atom stereocenters. The molecular formula is C16H16FN3O3. The van der Waals surface area contributed by atoms with Gasteiger partial charge in [-0.3, -0.25) is 4.90 Å². The molecule has 0 radical (unpaired) electrons. The SMILES string of the molecule is Cc1noc([C@H]2C[C@@H](O)CN2Cc2cc3cc(F)ccc3o2)n1. The van der Waals surface area contributed by atoms with Crippen molar-refractivity contribution >= 4 is 11.0 Å². The molecule has 1 aliphatic rings. The number of rotatable bonds is 3. The molecule has 0 aliphatic carbocycles. The Kier molecular flexibility index (Phi) is 3.39. The number of fused-ring (bicyclic) bond motifs is 1. The van der Waals surface area contributed by atoms with Crippen LogP contribution >= 0.6 is 0 Å². The van der Waals surface area contributed by atoms with Gasteiger partial charge in [0, 0.05) is 11.9 Å². The summed E-state index contributed by atoms with van der Waals surface area (Å²) < 4.78 is 24.3. The van der Waals surface area contributed by atoms with Gasteiger partial charge in [-0.2, -0.15) is 4.98 Å². The van der Waals surface area contributed by atoms with Crippen molar-refractivity contribution in [1.29, 1.82) is 0 Å². The minimum Gasteiger partial charge on any atom is -0.460 e. The van der Waals surface area contributed by atoms with Crippen LogP contribution < -0.4 is 0 Å². The number of aliphatic hydroxyl groups is 1. The second-order valence-electron chi connectivity index (χ2n) is 5.91. The Bertz CT molecular complexity index is 844. The summed E-state index contributed by atoms with van der Waals surface area (Å²) in [6.45, 7) is 2.74. The molecule has 2 atom stereocenters. The zero-order valence-corrected chi connectivity index (χ0v) is 12.6. The Hall–Kier alpha value is -2.25. The molecule has 3 heterocycles. The van der Waals surface area contributed by atoms with Gasteiger partial charge in [0.25, 0.3) is 0 Å². The fraction of sp³-hybridized carbons (Fsp3) is 0.375. The Morgan fingerprint density at radius 2 is 2.26 bits per heavy atom. The van der Waals surface area contributed by atoms with E-state index in [0.29, 0.717) is 42.6 Å². The third-order valence-corrected chi connectivity index (χ3v) is 4.10. The first kappa shape index (κ1) is 14.3. The van der Waals surface area contributed by atoms with Gasteiger partial charge >= 0.3 is 0 Å². The lowest BCUT2D eigenvalue weighted by atomic mass is 10.2. The maximum absolute atomic E-state index is 13.3. The van der Waals surface area contributed by atoms with Gasteiger partial charge in [-0.1, -0.05) is 5.16 Å². The number of aryl methyl sites for hydroxylation is 1. The highest BCUT2D eigenvalue weighted by Gasteiger charge is 2.36. The van der Waals surface area contributed by atoms with Crippen LogP contribution in [0.25, 0.3) is 11.0 Å². The van der Waals surface area contributed by atoms with E-state index in [0.717, 1.165) is 5.39 Å². The molecule has 1 aliphatic heterocycles. The van der Waals surface area contributed by atoms with Gasteiger partial charge < -0.3 is 14.0 Å². The average Bonchev–Trinajstić information content (AvgIpc) is 3.17. The number of aliphatic hydroxyl groups excluding tert-OH is 1. The largest absolute Gasteiger partial charge is 0.460 e. The van der Waals surface area contributed by atoms with Crippen LogP contribution in [0.3, 0.4) is 0 Å². The fourth-order valence-corrected chi connectivity index (χ4v) is 3.11. The molecule has 120 valence electrons. The number of hydrogen-bond donors (Lipinski definition) is 1. The monoisotopic (exact) mass is 317 g/mol. The molecule has 0 amide bonds. The number of β-amino-alcohol motifs (C(OH)–C–C–N with tert-alkyl or cyclic N) is 1. The van der Waals surface area contributed by atoms with E-state index in [2.05, 4.69) is 10.1 Å². The number of nitrogens with zero attached hydrogens (tertiary/aromatic N) is 3. The van der Waals surface area contributed by atoms with E-state index in [1.165, 1.54) is 12.1 Å². The van der Waals surface area contributed by atoms with Gasteiger partial charge in [0.2, 0.25) is 5.89 Å². The molecule has 0 bridgehead atoms. The predicted octanol–water partition coefficient (Wildman–Crippen LogP) is 2.57. The molecule has 2 aromatic heterocycles. The van der Waals surface area contributed by atoms with Crippen LogP contribution in [0.15, 0.2) is 33.2 Å². The summed E-state index contributed by atoms with van der Waals surface area (Å²) >= 11 is 0. The third kappa shape index (κ3) is 2.73. The van der Waals surface area contributed by atoms with Gasteiger partial charge in [0.15, 0.2) is 5.82 Å². The maximum Gasteiger partial charge on any atom is 0.244 e. The van der Waals surface area contributed by atoms with Crippen LogP contribution in [-0.2, 0) is 6.54 Å². The van der Waals surface area contributed by atoms with Crippen molar-refractivity contribution in [2.45, 2.75) is 32.0 Å². The summed E-state index contributed by atoms with van der Waals surface area (Å²) in [6.07, 6.45) is 0.0882. The summed E-state index contributed by atoms with van der Waals surface area (Å²) in [5.74, 6) is 1.49. The molecule has 3 aromatic rings. The summed E-state index contributed by atoms with van der Waals surface area (Å²) in [5.41, 5.74) is 0.645. The van der Waals surface area contributed by atoms with Crippen molar-refractivity contribution in [3.05, 3.63) is 47.6 Å². The Morgan fingerprint density at radius 3 is 3.04 bits per heavy atom. The number of benzene rings is 1. The van der Waals surface area contributed by atoms with Crippen LogP contribution in [-0.4, -0.2) is 32.8 Å². The second kappa shape index (κ2) is 5.43. The highest BCUT2D eigenvalue weighted by molar-refractivity contribution is 5.77. The lowest BCUT2D eigenvalue weighted by molar-refractivity contribution is 0.164. The summed E-state index contributed by atoms with van der Waals surface area (Å²) in [7, 11) is 0. The normalized spacial score (nSPS) is 22.2. The van der Waals surface area contributed by atoms with E-state index in [1.807, 2.05) is 11.0 Å². The number of aromatic nitrogens is 2. The standard InChI is InChI=1S/C16H16FN3O3/c1-9-18-16(23-19-9)14-6-12(21)7-20(14)8-13-5-10-4-11(17)2-3-15(10)22-13/h2-5,12,14,21H,6-8H2,1H3/t12-,14-/m1/s1. The third-order valence-electron chi connectivity index (χ3n) is 4.10. The van der Waals surface area contributed by atoms with E-state index in [-0.39, 0.29) is 11.9 Å². The van der Waals surface area contributed by atoms with E-state index in [9.17, 15) is 9.50 Å². The maximum atomic E-state index is 13.3. The van der Waals surface area contributed by atoms with E-state index < -0.39 is 6.10 Å². The number of furan rings is 1. The molecule has 1 aromatic carbocycles. The number of hydrogen-bond acceptors (Lipinski definition) is 6. The highest BCUT2D eigenvalue weighted by Crippen LogP contribution is 2.33. The first-order valence-corrected chi connectivity index (χ1v) is 7.49. The summed E-state index contributed by atoms with van der Waals surface area (Å²) in [6, 6.07) is 6.11. The number of likely N-dealkylation sites (tertiary alicyclic amines) is 1. The molecule has 0 spiro atoms. The zero-order valence-electron chi connectivity index (χ0n) is 12.6. The Balaban J connectivity index is 1.60. The van der Waals surface area contributed by atoms with E-state index in [4.69, 9.17) is 8.94 Å². The molecule has 6 nitrogen and oxygen atoms in total. The van der Waals surface area contributed by atoms with Crippen molar-refractivity contribution in [3.63, 3.8) is 0 Å². The van der Waals surface area contributed by atoms with Crippen molar-refractivity contribution in [2.24, 2.45) is 0 Å². The van der Waals surface area contributed by atoms with Gasteiger partial charge in [-0.25, -0.2) is 4.39 Å². The molecular weight excluding hydrogens is 301 g/mol. The Morgan fingerprint density at radius 1 is 1.39 bits per heavy atom. The second-order valence-corrected chi connectivity index (χ2v) is 5.91. The molecule has 1 saturated heterocycles. The van der Waals surface area contributed by atoms with Gasteiger partial charge in [-0.05, 0) is 37.6 Å². The van der Waals surface area contributed by atoms with Crippen molar-refractivity contribution < 1.29 is 18.4 Å². The van der Waals surface area contributed by atoms with Crippen molar-refractivity contribution in [1.82, 2.24) is 15.0 Å². The molecule has 1 fully saturated rings. The lowest BCUT2D eigenvalue weighted by Crippen LogP contribution is -2.24. The fourth-order valence-electron chi connectivity index (χ4n) is 3.11. The quantitative estimate of drug-likeness (QED) is 0.800. The van der Waals surface area contributed by atoms with Crippen LogP contribution in [0.2, 0.25) is 0 Å². The molecule has 4 rings (SSSR count). The summed E-state index contributed by atoms with van der Waals surface area (Å²) in [5, 5.41) is 14.5. The van der Waals surface area contributed by atoms with Crippen molar-refractivity contribution in [3.8, 4) is 0 Å². The summed E-state index contributed by atoms with van der Waals surface area (Å²) in [4.78, 5) is 6.30. The van der Waals surface area contributed by atoms with Crippen LogP contribution in [0.4, 0.5) is 4.39 Å². The Labute approximate surface area is 131 Å². The molecule has 1 N–H and O–H groups in total. The van der Waals surface area contributed by atoms with E-state index >= 15 is 0 Å². The minimum absolute atomic E-state index is 0.142. The predicted molar refractivity (Wildman–Crippen MR) is 79.0 cm³/mol. The average molecular weight is 317 g/mol. The highest BCUT2D eigenvalue weighted by atomic mass is 19.1. The van der Waals surface area contributed by atoms with Crippen LogP contribution in [0.1, 0.15) is 29.9 Å². The zero-order chi connectivity index (χ0) is 16.0. The number of halogens is 1. The minimum atomic E-state index is -0.450. The van der Waals surface area contributed by atoms with Gasteiger partial charge in [0.05, 0.1) is 18.7 Å². The first-order chi connectivity index (χ1) is 11.1. The molecule has 7 heteroatoms.